The van der Waals surface area contributed by atoms with E-state index in [2.05, 4.69) is 180 Å². The molecule has 4 heterocycles. The Morgan fingerprint density at radius 1 is 0.319 bits per heavy atom. The second-order valence-corrected chi connectivity index (χ2v) is 17.9. The van der Waals surface area contributed by atoms with E-state index in [-0.39, 0.29) is 0 Å². The van der Waals surface area contributed by atoms with Crippen molar-refractivity contribution < 1.29 is 8.83 Å². The van der Waals surface area contributed by atoms with E-state index in [1.54, 1.807) is 0 Å². The van der Waals surface area contributed by atoms with E-state index in [0.717, 1.165) is 99.2 Å². The van der Waals surface area contributed by atoms with Gasteiger partial charge in [-0.05, 0) is 75.1 Å². The maximum absolute atomic E-state index is 7.24. The summed E-state index contributed by atoms with van der Waals surface area (Å²) in [7, 11) is 0. The van der Waals surface area contributed by atoms with Gasteiger partial charge in [-0.3, -0.25) is 0 Å². The third-order valence-electron chi connectivity index (χ3n) is 14.0. The highest BCUT2D eigenvalue weighted by Crippen LogP contribution is 2.48. The second-order valence-electron chi connectivity index (χ2n) is 17.9. The van der Waals surface area contributed by atoms with Crippen molar-refractivity contribution in [3.05, 3.63) is 218 Å². The molecule has 0 aliphatic heterocycles. The fourth-order valence-electron chi connectivity index (χ4n) is 10.8. The molecule has 6 heteroatoms. The normalized spacial score (nSPS) is 12.1. The van der Waals surface area contributed by atoms with Crippen molar-refractivity contribution in [3.63, 3.8) is 0 Å². The molecule has 0 N–H and O–H groups in total. The van der Waals surface area contributed by atoms with E-state index >= 15 is 0 Å². The smallest absolute Gasteiger partial charge is 0.165 e. The first-order valence-electron chi connectivity index (χ1n) is 23.3. The Kier molecular flexibility index (Phi) is 7.97. The summed E-state index contributed by atoms with van der Waals surface area (Å²) in [5, 5.41) is 13.0. The molecule has 0 aliphatic rings. The van der Waals surface area contributed by atoms with Crippen molar-refractivity contribution in [1.82, 2.24) is 19.5 Å². The zero-order valence-corrected chi connectivity index (χ0v) is 36.9. The molecule has 0 bridgehead atoms. The minimum absolute atomic E-state index is 0.553. The second kappa shape index (κ2) is 14.6. The SMILES string of the molecule is c1ccc(-c2ccc(-c3nc(-c4ccc5oc6ccccc6c5c4)nc(-c4c5ccccc5c(-n5c6cc7ccccc7cc6c6ccc7ccccc7c65)c5oc6ccccc6c45)n3)cc2)cc1. The van der Waals surface area contributed by atoms with E-state index in [9.17, 15) is 0 Å². The van der Waals surface area contributed by atoms with Crippen LogP contribution in [0, 0.1) is 0 Å². The fraction of sp³-hybridized carbons (Fsp3) is 0. The molecule has 0 saturated heterocycles. The number of fused-ring (bicyclic) bond motifs is 13. The summed E-state index contributed by atoms with van der Waals surface area (Å²) in [5.41, 5.74) is 11.3. The molecule has 0 spiro atoms. The Bertz CT molecular complexity index is 4600. The number of nitrogens with zero attached hydrogens (tertiary/aromatic N) is 4. The van der Waals surface area contributed by atoms with Crippen molar-refractivity contribution in [3.8, 4) is 51.0 Å². The zero-order valence-electron chi connectivity index (χ0n) is 36.9. The maximum Gasteiger partial charge on any atom is 0.165 e. The van der Waals surface area contributed by atoms with Crippen molar-refractivity contribution >= 4 is 98.0 Å². The van der Waals surface area contributed by atoms with Gasteiger partial charge >= 0.3 is 0 Å². The lowest BCUT2D eigenvalue weighted by Gasteiger charge is -2.17. The largest absolute Gasteiger partial charge is 0.456 e. The van der Waals surface area contributed by atoms with Crippen LogP contribution in [-0.2, 0) is 0 Å². The summed E-state index contributed by atoms with van der Waals surface area (Å²) in [6.07, 6.45) is 0. The molecule has 0 fully saturated rings. The Labute approximate surface area is 394 Å². The standard InChI is InChI=1S/C63H36N4O2/c1-2-14-37(15-3-1)38-26-28-40(29-27-38)61-64-62(43-31-33-55-51(35-43)45-20-10-12-24-53(45)68-55)66-63(65-61)57-46-21-8-9-22-47(46)59(60-56(57)49-23-11-13-25-54(49)69-60)67-52-36-42-18-5-4-17-41(42)34-50(52)48-32-30-39-16-6-7-19-44(39)58(48)67/h1-36H. The first kappa shape index (κ1) is 37.8. The molecule has 4 aromatic heterocycles. The van der Waals surface area contributed by atoms with Crippen LogP contribution in [0.3, 0.4) is 0 Å². The molecule has 15 aromatic rings. The van der Waals surface area contributed by atoms with Gasteiger partial charge in [-0.1, -0.05) is 176 Å². The minimum atomic E-state index is 0.553. The number of hydrogen-bond acceptors (Lipinski definition) is 5. The van der Waals surface area contributed by atoms with Gasteiger partial charge < -0.3 is 13.4 Å². The van der Waals surface area contributed by atoms with Crippen molar-refractivity contribution in [2.75, 3.05) is 0 Å². The lowest BCUT2D eigenvalue weighted by Crippen LogP contribution is -2.03. The number of hydrogen-bond donors (Lipinski definition) is 0. The average Bonchev–Trinajstić information content (AvgIpc) is 4.09. The highest BCUT2D eigenvalue weighted by molar-refractivity contribution is 6.27. The van der Waals surface area contributed by atoms with Gasteiger partial charge in [0.05, 0.1) is 16.7 Å². The Hall–Kier alpha value is -9.39. The maximum atomic E-state index is 7.24. The van der Waals surface area contributed by atoms with Gasteiger partial charge in [0.2, 0.25) is 0 Å². The molecule has 11 aromatic carbocycles. The van der Waals surface area contributed by atoms with Gasteiger partial charge in [-0.2, -0.15) is 0 Å². The topological polar surface area (TPSA) is 69.9 Å². The lowest BCUT2D eigenvalue weighted by atomic mass is 9.95. The Morgan fingerprint density at radius 3 is 1.68 bits per heavy atom. The molecule has 0 amide bonds. The molecular weight excluding hydrogens is 845 g/mol. The Balaban J connectivity index is 1.06. The molecule has 69 heavy (non-hydrogen) atoms. The van der Waals surface area contributed by atoms with Gasteiger partial charge in [-0.15, -0.1) is 0 Å². The van der Waals surface area contributed by atoms with Crippen LogP contribution in [-0.4, -0.2) is 19.5 Å². The molecule has 0 unspecified atom stereocenters. The van der Waals surface area contributed by atoms with Gasteiger partial charge in [0.25, 0.3) is 0 Å². The first-order valence-corrected chi connectivity index (χ1v) is 23.3. The molecule has 6 nitrogen and oxygen atoms in total. The first-order chi connectivity index (χ1) is 34.2. The number of para-hydroxylation sites is 2. The summed E-state index contributed by atoms with van der Waals surface area (Å²) in [4.78, 5) is 16.2. The van der Waals surface area contributed by atoms with E-state index < -0.39 is 0 Å². The van der Waals surface area contributed by atoms with Gasteiger partial charge in [0, 0.05) is 59.8 Å². The van der Waals surface area contributed by atoms with Crippen LogP contribution in [0.1, 0.15) is 0 Å². The monoisotopic (exact) mass is 880 g/mol. The van der Waals surface area contributed by atoms with Gasteiger partial charge in [-0.25, -0.2) is 15.0 Å². The van der Waals surface area contributed by atoms with Gasteiger partial charge in [0.15, 0.2) is 23.1 Å². The third kappa shape index (κ3) is 5.69. The van der Waals surface area contributed by atoms with E-state index in [4.69, 9.17) is 23.8 Å². The fourth-order valence-corrected chi connectivity index (χ4v) is 10.8. The Morgan fingerprint density at radius 2 is 0.884 bits per heavy atom. The van der Waals surface area contributed by atoms with Crippen molar-refractivity contribution in [2.24, 2.45) is 0 Å². The molecule has 320 valence electrons. The van der Waals surface area contributed by atoms with E-state index in [1.807, 2.05) is 42.5 Å². The van der Waals surface area contributed by atoms with Crippen LogP contribution in [0.25, 0.3) is 149 Å². The van der Waals surface area contributed by atoms with Crippen molar-refractivity contribution in [1.29, 1.82) is 0 Å². The summed E-state index contributed by atoms with van der Waals surface area (Å²) >= 11 is 0. The average molecular weight is 881 g/mol. The van der Waals surface area contributed by atoms with E-state index in [1.165, 1.54) is 32.3 Å². The predicted octanol–water partition coefficient (Wildman–Crippen LogP) is 16.9. The molecule has 15 rings (SSSR count). The van der Waals surface area contributed by atoms with Crippen LogP contribution < -0.4 is 0 Å². The van der Waals surface area contributed by atoms with Crippen LogP contribution in [0.2, 0.25) is 0 Å². The predicted molar refractivity (Wildman–Crippen MR) is 283 cm³/mol. The highest BCUT2D eigenvalue weighted by Gasteiger charge is 2.28. The van der Waals surface area contributed by atoms with Gasteiger partial charge in [0.1, 0.15) is 16.7 Å². The molecule has 0 atom stereocenters. The van der Waals surface area contributed by atoms with Crippen LogP contribution in [0.4, 0.5) is 0 Å². The molecule has 0 radical (unpaired) electrons. The highest BCUT2D eigenvalue weighted by atomic mass is 16.3. The molecule has 0 saturated carbocycles. The van der Waals surface area contributed by atoms with Crippen LogP contribution in [0.15, 0.2) is 227 Å². The summed E-state index contributed by atoms with van der Waals surface area (Å²) in [6, 6.07) is 76.8. The quantitative estimate of drug-likeness (QED) is 0.172. The number of furan rings is 2. The lowest BCUT2D eigenvalue weighted by molar-refractivity contribution is 0.667. The summed E-state index contributed by atoms with van der Waals surface area (Å²) < 4.78 is 16.0. The minimum Gasteiger partial charge on any atom is -0.456 e. The summed E-state index contributed by atoms with van der Waals surface area (Å²) in [6.45, 7) is 0. The zero-order chi connectivity index (χ0) is 45.2. The molecule has 0 aliphatic carbocycles. The third-order valence-corrected chi connectivity index (χ3v) is 14.0. The number of benzene rings is 11. The number of aromatic nitrogens is 4. The number of rotatable bonds is 5. The summed E-state index contributed by atoms with van der Waals surface area (Å²) in [5.74, 6) is 1.68. The molecular formula is C63H36N4O2. The van der Waals surface area contributed by atoms with E-state index in [0.29, 0.717) is 17.5 Å². The van der Waals surface area contributed by atoms with Crippen LogP contribution in [0.5, 0.6) is 0 Å². The van der Waals surface area contributed by atoms with Crippen molar-refractivity contribution in [2.45, 2.75) is 0 Å². The van der Waals surface area contributed by atoms with Crippen LogP contribution >= 0.6 is 0 Å².